The van der Waals surface area contributed by atoms with Gasteiger partial charge in [0.25, 0.3) is 0 Å². The normalized spacial score (nSPS) is 10.8. The van der Waals surface area contributed by atoms with Crippen molar-refractivity contribution in [2.24, 2.45) is 0 Å². The lowest BCUT2D eigenvalue weighted by atomic mass is 10.2. The number of H-pyrrole nitrogens is 1. The van der Waals surface area contributed by atoms with Gasteiger partial charge in [0, 0.05) is 25.4 Å². The zero-order valence-corrected chi connectivity index (χ0v) is 12.0. The van der Waals surface area contributed by atoms with E-state index >= 15 is 0 Å². The largest absolute Gasteiger partial charge is 0.489 e. The summed E-state index contributed by atoms with van der Waals surface area (Å²) in [6.45, 7) is 4.82. The zero-order chi connectivity index (χ0) is 14.4. The molecule has 2 rings (SSSR count). The average Bonchev–Trinajstić information content (AvgIpc) is 2.91. The number of ether oxygens (including phenoxy) is 1. The van der Waals surface area contributed by atoms with E-state index in [9.17, 15) is 0 Å². The highest BCUT2D eigenvalue weighted by Gasteiger charge is 2.07. The number of para-hydroxylation sites is 1. The maximum absolute atomic E-state index is 6.10. The van der Waals surface area contributed by atoms with Gasteiger partial charge < -0.3 is 20.8 Å². The number of aromatic amines is 1. The van der Waals surface area contributed by atoms with E-state index in [0.29, 0.717) is 5.69 Å². The van der Waals surface area contributed by atoms with E-state index in [-0.39, 0.29) is 6.10 Å². The molecule has 2 aromatic rings. The van der Waals surface area contributed by atoms with Crippen molar-refractivity contribution in [3.05, 3.63) is 36.4 Å². The highest BCUT2D eigenvalue weighted by atomic mass is 16.5. The van der Waals surface area contributed by atoms with E-state index in [1.807, 2.05) is 38.2 Å². The number of aryl methyl sites for hydroxylation is 1. The Morgan fingerprint density at radius 2 is 2.25 bits per heavy atom. The molecule has 0 saturated carbocycles. The topological polar surface area (TPSA) is 76.0 Å². The van der Waals surface area contributed by atoms with Gasteiger partial charge in [0.15, 0.2) is 0 Å². The van der Waals surface area contributed by atoms with Gasteiger partial charge in [-0.25, -0.2) is 4.98 Å². The lowest BCUT2D eigenvalue weighted by Gasteiger charge is -2.15. The standard InChI is InChI=1S/C15H22N4O/c1-11(2)20-13-6-3-5-12(15(13)16)17-8-4-7-14-18-9-10-19-14/h3,5-6,9-11,17H,4,7-8,16H2,1-2H3,(H,18,19). The molecule has 108 valence electrons. The summed E-state index contributed by atoms with van der Waals surface area (Å²) in [5.41, 5.74) is 7.69. The van der Waals surface area contributed by atoms with Crippen LogP contribution in [0.5, 0.6) is 5.75 Å². The van der Waals surface area contributed by atoms with Crippen LogP contribution in [0.15, 0.2) is 30.6 Å². The van der Waals surface area contributed by atoms with Crippen LogP contribution in [0.1, 0.15) is 26.1 Å². The van der Waals surface area contributed by atoms with Crippen molar-refractivity contribution in [1.82, 2.24) is 9.97 Å². The smallest absolute Gasteiger partial charge is 0.144 e. The fraction of sp³-hybridized carbons (Fsp3) is 0.400. The van der Waals surface area contributed by atoms with Crippen molar-refractivity contribution >= 4 is 11.4 Å². The third-order valence-corrected chi connectivity index (χ3v) is 2.89. The number of nitrogens with two attached hydrogens (primary N) is 1. The van der Waals surface area contributed by atoms with Crippen LogP contribution in [0.2, 0.25) is 0 Å². The molecule has 5 nitrogen and oxygen atoms in total. The molecule has 1 aromatic carbocycles. The molecule has 0 bridgehead atoms. The lowest BCUT2D eigenvalue weighted by molar-refractivity contribution is 0.244. The zero-order valence-electron chi connectivity index (χ0n) is 12.0. The van der Waals surface area contributed by atoms with Crippen molar-refractivity contribution in [1.29, 1.82) is 0 Å². The van der Waals surface area contributed by atoms with Crippen LogP contribution in [-0.4, -0.2) is 22.6 Å². The quantitative estimate of drug-likeness (QED) is 0.536. The first-order valence-electron chi connectivity index (χ1n) is 6.94. The predicted molar refractivity (Wildman–Crippen MR) is 82.0 cm³/mol. The summed E-state index contributed by atoms with van der Waals surface area (Å²) in [5, 5.41) is 3.34. The second-order valence-corrected chi connectivity index (χ2v) is 4.95. The van der Waals surface area contributed by atoms with Crippen molar-refractivity contribution in [3.63, 3.8) is 0 Å². The summed E-state index contributed by atoms with van der Waals surface area (Å²) in [6.07, 6.45) is 5.64. The molecular formula is C15H22N4O. The Balaban J connectivity index is 1.86. The Labute approximate surface area is 119 Å². The van der Waals surface area contributed by atoms with Crippen LogP contribution in [-0.2, 0) is 6.42 Å². The van der Waals surface area contributed by atoms with Gasteiger partial charge in [-0.05, 0) is 32.4 Å². The molecule has 0 saturated heterocycles. The Hall–Kier alpha value is -2.17. The van der Waals surface area contributed by atoms with Crippen molar-refractivity contribution < 1.29 is 4.74 Å². The number of benzene rings is 1. The maximum atomic E-state index is 6.10. The highest BCUT2D eigenvalue weighted by Crippen LogP contribution is 2.30. The average molecular weight is 274 g/mol. The minimum absolute atomic E-state index is 0.117. The number of imidazole rings is 1. The van der Waals surface area contributed by atoms with Gasteiger partial charge in [-0.1, -0.05) is 6.07 Å². The van der Waals surface area contributed by atoms with Crippen LogP contribution in [0.25, 0.3) is 0 Å². The van der Waals surface area contributed by atoms with Gasteiger partial charge >= 0.3 is 0 Å². The van der Waals surface area contributed by atoms with Gasteiger partial charge in [-0.15, -0.1) is 0 Å². The van der Waals surface area contributed by atoms with Crippen molar-refractivity contribution in [2.75, 3.05) is 17.6 Å². The van der Waals surface area contributed by atoms with E-state index in [1.54, 1.807) is 6.20 Å². The first-order chi connectivity index (χ1) is 9.66. The van der Waals surface area contributed by atoms with Crippen molar-refractivity contribution in [2.45, 2.75) is 32.8 Å². The third kappa shape index (κ3) is 3.91. The molecule has 20 heavy (non-hydrogen) atoms. The van der Waals surface area contributed by atoms with Gasteiger partial charge in [0.2, 0.25) is 0 Å². The third-order valence-electron chi connectivity index (χ3n) is 2.89. The summed E-state index contributed by atoms with van der Waals surface area (Å²) >= 11 is 0. The van der Waals surface area contributed by atoms with Crippen LogP contribution in [0.4, 0.5) is 11.4 Å². The summed E-state index contributed by atoms with van der Waals surface area (Å²) in [7, 11) is 0. The molecule has 0 spiro atoms. The summed E-state index contributed by atoms with van der Waals surface area (Å²) in [4.78, 5) is 7.29. The molecule has 0 aliphatic carbocycles. The first kappa shape index (κ1) is 14.2. The SMILES string of the molecule is CC(C)Oc1cccc(NCCCc2ncc[nH]2)c1N. The molecule has 1 aromatic heterocycles. The molecule has 5 heteroatoms. The van der Waals surface area contributed by atoms with Crippen molar-refractivity contribution in [3.8, 4) is 5.75 Å². The summed E-state index contributed by atoms with van der Waals surface area (Å²) in [5.74, 6) is 1.74. The number of hydrogen-bond donors (Lipinski definition) is 3. The second-order valence-electron chi connectivity index (χ2n) is 4.95. The van der Waals surface area contributed by atoms with Crippen LogP contribution in [0.3, 0.4) is 0 Å². The number of anilines is 2. The molecule has 0 radical (unpaired) electrons. The summed E-state index contributed by atoms with van der Waals surface area (Å²) in [6, 6.07) is 5.81. The van der Waals surface area contributed by atoms with E-state index in [2.05, 4.69) is 15.3 Å². The van der Waals surface area contributed by atoms with Gasteiger partial charge in [0.05, 0.1) is 17.5 Å². The Morgan fingerprint density at radius 3 is 2.95 bits per heavy atom. The van der Waals surface area contributed by atoms with E-state index in [4.69, 9.17) is 10.5 Å². The molecular weight excluding hydrogens is 252 g/mol. The molecule has 0 unspecified atom stereocenters. The van der Waals surface area contributed by atoms with Crippen LogP contribution >= 0.6 is 0 Å². The van der Waals surface area contributed by atoms with Gasteiger partial charge in [-0.2, -0.15) is 0 Å². The molecule has 0 aliphatic rings. The Morgan fingerprint density at radius 1 is 1.40 bits per heavy atom. The Kier molecular flexibility index (Phi) is 4.87. The Bertz CT molecular complexity index is 523. The minimum Gasteiger partial charge on any atom is -0.489 e. The summed E-state index contributed by atoms with van der Waals surface area (Å²) < 4.78 is 5.67. The van der Waals surface area contributed by atoms with Gasteiger partial charge in [-0.3, -0.25) is 0 Å². The number of nitrogens with one attached hydrogen (secondary N) is 2. The fourth-order valence-electron chi connectivity index (χ4n) is 1.97. The monoisotopic (exact) mass is 274 g/mol. The van der Waals surface area contributed by atoms with Crippen LogP contribution in [0, 0.1) is 0 Å². The minimum atomic E-state index is 0.117. The first-order valence-corrected chi connectivity index (χ1v) is 6.94. The lowest BCUT2D eigenvalue weighted by Crippen LogP contribution is -2.10. The molecule has 4 N–H and O–H groups in total. The fourth-order valence-corrected chi connectivity index (χ4v) is 1.97. The number of nitrogen functional groups attached to an aromatic ring is 1. The van der Waals surface area contributed by atoms with E-state index in [1.165, 1.54) is 0 Å². The predicted octanol–water partition coefficient (Wildman–Crippen LogP) is 2.82. The van der Waals surface area contributed by atoms with Crippen LogP contribution < -0.4 is 15.8 Å². The molecule has 0 fully saturated rings. The maximum Gasteiger partial charge on any atom is 0.144 e. The number of aromatic nitrogens is 2. The molecule has 0 amide bonds. The number of rotatable bonds is 7. The van der Waals surface area contributed by atoms with Gasteiger partial charge in [0.1, 0.15) is 11.6 Å². The van der Waals surface area contributed by atoms with E-state index in [0.717, 1.165) is 36.6 Å². The number of hydrogen-bond acceptors (Lipinski definition) is 4. The van der Waals surface area contributed by atoms with E-state index < -0.39 is 0 Å². The molecule has 1 heterocycles. The number of nitrogens with zero attached hydrogens (tertiary/aromatic N) is 1. The highest BCUT2D eigenvalue weighted by molar-refractivity contribution is 5.72. The molecule has 0 atom stereocenters. The molecule has 0 aliphatic heterocycles. The second kappa shape index (κ2) is 6.84.